The molecule has 0 radical (unpaired) electrons. The zero-order chi connectivity index (χ0) is 7.19. The Morgan fingerprint density at radius 2 is 2.50 bits per heavy atom. The van der Waals surface area contributed by atoms with Crippen molar-refractivity contribution in [3.8, 4) is 0 Å². The van der Waals surface area contributed by atoms with Gasteiger partial charge in [-0.25, -0.2) is 0 Å². The van der Waals surface area contributed by atoms with Gasteiger partial charge in [-0.15, -0.1) is 0 Å². The van der Waals surface area contributed by atoms with Gasteiger partial charge in [0.05, 0.1) is 0 Å². The molecule has 0 aromatic heterocycles. The second-order valence-corrected chi connectivity index (χ2v) is 3.15. The lowest BCUT2D eigenvalue weighted by molar-refractivity contribution is 0.334. The number of epoxide rings is 1. The Labute approximate surface area is 61.4 Å². The molecule has 1 unspecified atom stereocenters. The number of hydrogen-bond donors (Lipinski definition) is 0. The SMILES string of the molecule is CCC1=C2OC2(C)CC=C1. The summed E-state index contributed by atoms with van der Waals surface area (Å²) >= 11 is 0. The molecule has 0 aromatic rings. The molecular formula is C9H12O. The summed E-state index contributed by atoms with van der Waals surface area (Å²) in [5.74, 6) is 1.23. The molecule has 2 aliphatic rings. The van der Waals surface area contributed by atoms with Gasteiger partial charge in [-0.05, 0) is 18.9 Å². The number of allylic oxidation sites excluding steroid dienone is 2. The van der Waals surface area contributed by atoms with Gasteiger partial charge in [0.25, 0.3) is 0 Å². The molecule has 1 aliphatic carbocycles. The summed E-state index contributed by atoms with van der Waals surface area (Å²) in [7, 11) is 0. The summed E-state index contributed by atoms with van der Waals surface area (Å²) in [6.45, 7) is 4.32. The highest BCUT2D eigenvalue weighted by molar-refractivity contribution is 5.40. The molecule has 54 valence electrons. The van der Waals surface area contributed by atoms with Gasteiger partial charge < -0.3 is 4.74 Å². The van der Waals surface area contributed by atoms with E-state index in [4.69, 9.17) is 4.74 Å². The second-order valence-electron chi connectivity index (χ2n) is 3.15. The molecule has 0 aromatic carbocycles. The smallest absolute Gasteiger partial charge is 0.166 e. The molecule has 0 N–H and O–H groups in total. The quantitative estimate of drug-likeness (QED) is 0.504. The van der Waals surface area contributed by atoms with Crippen LogP contribution in [0.3, 0.4) is 0 Å². The van der Waals surface area contributed by atoms with Crippen molar-refractivity contribution in [3.63, 3.8) is 0 Å². The predicted octanol–water partition coefficient (Wildman–Crippen LogP) is 2.40. The Morgan fingerprint density at radius 1 is 1.70 bits per heavy atom. The van der Waals surface area contributed by atoms with Crippen LogP contribution in [0.5, 0.6) is 0 Å². The van der Waals surface area contributed by atoms with E-state index < -0.39 is 0 Å². The minimum absolute atomic E-state index is 0.111. The molecule has 0 bridgehead atoms. The van der Waals surface area contributed by atoms with Gasteiger partial charge in [-0.3, -0.25) is 0 Å². The standard InChI is InChI=1S/C9H12O/c1-3-7-5-4-6-9(2)8(7)10-9/h4-5H,3,6H2,1-2H3. The average molecular weight is 136 g/mol. The van der Waals surface area contributed by atoms with Gasteiger partial charge in [-0.2, -0.15) is 0 Å². The maximum Gasteiger partial charge on any atom is 0.166 e. The van der Waals surface area contributed by atoms with Crippen LogP contribution >= 0.6 is 0 Å². The summed E-state index contributed by atoms with van der Waals surface area (Å²) in [5, 5.41) is 0. The molecule has 1 fully saturated rings. The predicted molar refractivity (Wildman–Crippen MR) is 40.6 cm³/mol. The highest BCUT2D eigenvalue weighted by Gasteiger charge is 2.49. The maximum atomic E-state index is 5.49. The monoisotopic (exact) mass is 136 g/mol. The number of hydrogen-bond acceptors (Lipinski definition) is 1. The zero-order valence-corrected chi connectivity index (χ0v) is 6.48. The fourth-order valence-corrected chi connectivity index (χ4v) is 1.52. The van der Waals surface area contributed by atoms with Gasteiger partial charge in [0.1, 0.15) is 5.76 Å². The topological polar surface area (TPSA) is 12.5 Å². The van der Waals surface area contributed by atoms with Crippen LogP contribution in [0.1, 0.15) is 26.7 Å². The first-order chi connectivity index (χ1) is 4.76. The fraction of sp³-hybridized carbons (Fsp3) is 0.556. The van der Waals surface area contributed by atoms with Gasteiger partial charge in [-0.1, -0.05) is 19.1 Å². The molecule has 10 heavy (non-hydrogen) atoms. The van der Waals surface area contributed by atoms with Crippen LogP contribution in [-0.2, 0) is 4.74 Å². The van der Waals surface area contributed by atoms with Gasteiger partial charge in [0, 0.05) is 6.42 Å². The minimum atomic E-state index is 0.111. The number of fused-ring (bicyclic) bond motifs is 1. The molecule has 2 rings (SSSR count). The van der Waals surface area contributed by atoms with Gasteiger partial charge >= 0.3 is 0 Å². The van der Waals surface area contributed by atoms with E-state index >= 15 is 0 Å². The average Bonchev–Trinajstić information content (AvgIpc) is 2.59. The van der Waals surface area contributed by atoms with E-state index in [1.165, 1.54) is 11.3 Å². The van der Waals surface area contributed by atoms with Crippen molar-refractivity contribution in [2.75, 3.05) is 0 Å². The molecule has 1 nitrogen and oxygen atoms in total. The molecule has 1 saturated heterocycles. The molecule has 1 heteroatoms. The van der Waals surface area contributed by atoms with Crippen molar-refractivity contribution in [1.82, 2.24) is 0 Å². The Kier molecular flexibility index (Phi) is 0.997. The maximum absolute atomic E-state index is 5.49. The molecule has 0 saturated carbocycles. The molecule has 1 atom stereocenters. The number of ether oxygens (including phenoxy) is 1. The normalized spacial score (nSPS) is 35.4. The lowest BCUT2D eigenvalue weighted by atomic mass is 9.97. The van der Waals surface area contributed by atoms with Crippen molar-refractivity contribution in [2.24, 2.45) is 0 Å². The van der Waals surface area contributed by atoms with E-state index in [1.54, 1.807) is 0 Å². The first kappa shape index (κ1) is 6.02. The van der Waals surface area contributed by atoms with Gasteiger partial charge in [0.15, 0.2) is 5.60 Å². The first-order valence-electron chi connectivity index (χ1n) is 3.85. The summed E-state index contributed by atoms with van der Waals surface area (Å²) in [5.41, 5.74) is 1.49. The Bertz CT molecular complexity index is 225. The summed E-state index contributed by atoms with van der Waals surface area (Å²) in [6, 6.07) is 0. The minimum Gasteiger partial charge on any atom is -0.479 e. The second kappa shape index (κ2) is 1.66. The fourth-order valence-electron chi connectivity index (χ4n) is 1.52. The molecular weight excluding hydrogens is 124 g/mol. The van der Waals surface area contributed by atoms with Crippen LogP contribution in [0.4, 0.5) is 0 Å². The van der Waals surface area contributed by atoms with Crippen LogP contribution in [-0.4, -0.2) is 5.60 Å². The molecule has 0 amide bonds. The summed E-state index contributed by atoms with van der Waals surface area (Å²) in [4.78, 5) is 0. The van der Waals surface area contributed by atoms with E-state index in [1.807, 2.05) is 0 Å². The van der Waals surface area contributed by atoms with Crippen molar-refractivity contribution in [1.29, 1.82) is 0 Å². The third kappa shape index (κ3) is 0.634. The van der Waals surface area contributed by atoms with E-state index in [9.17, 15) is 0 Å². The highest BCUT2D eigenvalue weighted by Crippen LogP contribution is 2.48. The van der Waals surface area contributed by atoms with Crippen LogP contribution in [0, 0.1) is 0 Å². The van der Waals surface area contributed by atoms with E-state index in [0.29, 0.717) is 0 Å². The van der Waals surface area contributed by atoms with Crippen molar-refractivity contribution in [2.45, 2.75) is 32.3 Å². The summed E-state index contributed by atoms with van der Waals surface area (Å²) < 4.78 is 5.49. The molecule has 1 aliphatic heterocycles. The highest BCUT2D eigenvalue weighted by atomic mass is 16.6. The summed E-state index contributed by atoms with van der Waals surface area (Å²) in [6.07, 6.45) is 6.55. The molecule has 0 spiro atoms. The first-order valence-corrected chi connectivity index (χ1v) is 3.85. The zero-order valence-electron chi connectivity index (χ0n) is 6.48. The van der Waals surface area contributed by atoms with Crippen LogP contribution in [0.25, 0.3) is 0 Å². The lowest BCUT2D eigenvalue weighted by Crippen LogP contribution is -2.03. The van der Waals surface area contributed by atoms with E-state index in [0.717, 1.165) is 12.8 Å². The third-order valence-electron chi connectivity index (χ3n) is 2.26. The Hall–Kier alpha value is -0.720. The van der Waals surface area contributed by atoms with Crippen molar-refractivity contribution in [3.05, 3.63) is 23.5 Å². The molecule has 1 heterocycles. The Balaban J connectivity index is 2.33. The van der Waals surface area contributed by atoms with Crippen molar-refractivity contribution >= 4 is 0 Å². The Morgan fingerprint density at radius 3 is 3.10 bits per heavy atom. The van der Waals surface area contributed by atoms with E-state index in [2.05, 4.69) is 26.0 Å². The third-order valence-corrected chi connectivity index (χ3v) is 2.26. The lowest BCUT2D eigenvalue weighted by Gasteiger charge is -2.02. The number of rotatable bonds is 1. The van der Waals surface area contributed by atoms with Crippen LogP contribution in [0.15, 0.2) is 23.5 Å². The van der Waals surface area contributed by atoms with Crippen LogP contribution in [0.2, 0.25) is 0 Å². The van der Waals surface area contributed by atoms with E-state index in [-0.39, 0.29) is 5.60 Å². The van der Waals surface area contributed by atoms with Gasteiger partial charge in [0.2, 0.25) is 0 Å². The van der Waals surface area contributed by atoms with Crippen LogP contribution < -0.4 is 0 Å². The largest absolute Gasteiger partial charge is 0.479 e. The van der Waals surface area contributed by atoms with Crippen molar-refractivity contribution < 1.29 is 4.74 Å².